The van der Waals surface area contributed by atoms with Gasteiger partial charge in [-0.25, -0.2) is 0 Å². The topological polar surface area (TPSA) is 58.6 Å². The van der Waals surface area contributed by atoms with Crippen LogP contribution in [0.25, 0.3) is 0 Å². The molecule has 0 bridgehead atoms. The predicted molar refractivity (Wildman–Crippen MR) is 113 cm³/mol. The Morgan fingerprint density at radius 1 is 1.07 bits per heavy atom. The zero-order valence-corrected chi connectivity index (χ0v) is 17.4. The van der Waals surface area contributed by atoms with Gasteiger partial charge in [-0.1, -0.05) is 68.4 Å². The summed E-state index contributed by atoms with van der Waals surface area (Å²) in [5.74, 6) is 0.0760. The van der Waals surface area contributed by atoms with Crippen LogP contribution in [0.1, 0.15) is 43.0 Å². The molecule has 0 aromatic heterocycles. The van der Waals surface area contributed by atoms with E-state index in [1.54, 1.807) is 0 Å². The van der Waals surface area contributed by atoms with Crippen molar-refractivity contribution in [2.24, 2.45) is 5.92 Å². The number of esters is 1. The van der Waals surface area contributed by atoms with E-state index in [9.17, 15) is 9.59 Å². The van der Waals surface area contributed by atoms with Crippen molar-refractivity contribution in [1.29, 1.82) is 0 Å². The molecule has 1 aliphatic heterocycles. The minimum atomic E-state index is -0.444. The second kappa shape index (κ2) is 9.70. The van der Waals surface area contributed by atoms with Crippen molar-refractivity contribution in [3.05, 3.63) is 71.3 Å². The van der Waals surface area contributed by atoms with Crippen LogP contribution in [0.3, 0.4) is 0 Å². The number of benzene rings is 2. The summed E-state index contributed by atoms with van der Waals surface area (Å²) in [7, 11) is 1.40. The number of rotatable bonds is 7. The summed E-state index contributed by atoms with van der Waals surface area (Å²) in [5, 5.41) is 3.18. The molecule has 2 aromatic carbocycles. The van der Waals surface area contributed by atoms with E-state index < -0.39 is 6.04 Å². The van der Waals surface area contributed by atoms with Crippen LogP contribution >= 0.6 is 0 Å². The second-order valence-electron chi connectivity index (χ2n) is 8.08. The third-order valence-corrected chi connectivity index (χ3v) is 5.41. The summed E-state index contributed by atoms with van der Waals surface area (Å²) in [6.07, 6.45) is 1.42. The van der Waals surface area contributed by atoms with E-state index in [0.29, 0.717) is 18.9 Å². The van der Waals surface area contributed by atoms with Crippen molar-refractivity contribution >= 4 is 11.9 Å². The summed E-state index contributed by atoms with van der Waals surface area (Å²) in [4.78, 5) is 27.2. The number of hydrogen-bond acceptors (Lipinski definition) is 4. The molecular formula is C24H30N2O3. The van der Waals surface area contributed by atoms with Crippen LogP contribution in [0.2, 0.25) is 0 Å². The third kappa shape index (κ3) is 5.45. The highest BCUT2D eigenvalue weighted by molar-refractivity contribution is 5.81. The fourth-order valence-corrected chi connectivity index (χ4v) is 3.97. The highest BCUT2D eigenvalue weighted by Crippen LogP contribution is 2.25. The molecule has 2 atom stereocenters. The van der Waals surface area contributed by atoms with Gasteiger partial charge in [0.05, 0.1) is 19.7 Å². The van der Waals surface area contributed by atoms with Crippen molar-refractivity contribution in [3.8, 4) is 0 Å². The molecule has 2 aromatic rings. The lowest BCUT2D eigenvalue weighted by Crippen LogP contribution is -2.50. The standard InChI is InChI=1S/C24H30N2O3/c1-17(2)13-21(18-9-5-4-6-10-18)25-23(27)16-26-15-20-12-8-7-11-19(20)14-22(26)24(28)29-3/h4-12,17,21-22H,13-16H2,1-3H3,(H,25,27). The van der Waals surface area contributed by atoms with Crippen LogP contribution in [-0.2, 0) is 27.3 Å². The Morgan fingerprint density at radius 2 is 1.72 bits per heavy atom. The maximum Gasteiger partial charge on any atom is 0.323 e. The van der Waals surface area contributed by atoms with Crippen LogP contribution < -0.4 is 5.32 Å². The van der Waals surface area contributed by atoms with Gasteiger partial charge in [0.25, 0.3) is 0 Å². The highest BCUT2D eigenvalue weighted by atomic mass is 16.5. The second-order valence-corrected chi connectivity index (χ2v) is 8.08. The summed E-state index contributed by atoms with van der Waals surface area (Å²) in [6, 6.07) is 17.6. The molecule has 5 heteroatoms. The number of nitrogens with one attached hydrogen (secondary N) is 1. The SMILES string of the molecule is COC(=O)C1Cc2ccccc2CN1CC(=O)NC(CC(C)C)c1ccccc1. The lowest BCUT2D eigenvalue weighted by molar-refractivity contribution is -0.148. The van der Waals surface area contributed by atoms with Gasteiger partial charge in [-0.3, -0.25) is 14.5 Å². The molecule has 2 unspecified atom stereocenters. The van der Waals surface area contributed by atoms with Crippen molar-refractivity contribution in [2.75, 3.05) is 13.7 Å². The molecule has 0 aliphatic carbocycles. The van der Waals surface area contributed by atoms with Gasteiger partial charge in [-0.15, -0.1) is 0 Å². The first-order valence-corrected chi connectivity index (χ1v) is 10.2. The molecule has 1 amide bonds. The average Bonchev–Trinajstić information content (AvgIpc) is 2.72. The number of fused-ring (bicyclic) bond motifs is 1. The summed E-state index contributed by atoms with van der Waals surface area (Å²) >= 11 is 0. The van der Waals surface area contributed by atoms with E-state index in [0.717, 1.165) is 23.1 Å². The van der Waals surface area contributed by atoms with Gasteiger partial charge in [-0.05, 0) is 35.4 Å². The first-order valence-electron chi connectivity index (χ1n) is 10.2. The molecule has 1 heterocycles. The zero-order chi connectivity index (χ0) is 20.8. The van der Waals surface area contributed by atoms with Gasteiger partial charge >= 0.3 is 5.97 Å². The Morgan fingerprint density at radius 3 is 2.38 bits per heavy atom. The number of hydrogen-bond donors (Lipinski definition) is 1. The van der Waals surface area contributed by atoms with Crippen molar-refractivity contribution in [3.63, 3.8) is 0 Å². The number of nitrogens with zero attached hydrogens (tertiary/aromatic N) is 1. The fourth-order valence-electron chi connectivity index (χ4n) is 3.97. The monoisotopic (exact) mass is 394 g/mol. The molecular weight excluding hydrogens is 364 g/mol. The lowest BCUT2D eigenvalue weighted by Gasteiger charge is -2.35. The summed E-state index contributed by atoms with van der Waals surface area (Å²) < 4.78 is 5.01. The van der Waals surface area contributed by atoms with Gasteiger partial charge in [0.15, 0.2) is 0 Å². The fraction of sp³-hybridized carbons (Fsp3) is 0.417. The molecule has 154 valence electrons. The smallest absolute Gasteiger partial charge is 0.323 e. The highest BCUT2D eigenvalue weighted by Gasteiger charge is 2.33. The molecule has 0 fully saturated rings. The Hall–Kier alpha value is -2.66. The van der Waals surface area contributed by atoms with E-state index in [1.807, 2.05) is 53.4 Å². The molecule has 0 spiro atoms. The summed E-state index contributed by atoms with van der Waals surface area (Å²) in [6.45, 7) is 5.02. The molecule has 1 N–H and O–H groups in total. The van der Waals surface area contributed by atoms with E-state index >= 15 is 0 Å². The predicted octanol–water partition coefficient (Wildman–Crippen LogP) is 3.49. The van der Waals surface area contributed by atoms with E-state index in [-0.39, 0.29) is 24.5 Å². The van der Waals surface area contributed by atoms with Crippen LogP contribution in [-0.4, -0.2) is 36.5 Å². The Labute approximate surface area is 173 Å². The van der Waals surface area contributed by atoms with Crippen molar-refractivity contribution in [1.82, 2.24) is 10.2 Å². The van der Waals surface area contributed by atoms with Gasteiger partial charge in [0, 0.05) is 6.54 Å². The largest absolute Gasteiger partial charge is 0.468 e. The number of methoxy groups -OCH3 is 1. The normalized spacial score (nSPS) is 17.4. The maximum atomic E-state index is 12.9. The third-order valence-electron chi connectivity index (χ3n) is 5.41. The van der Waals surface area contributed by atoms with Crippen LogP contribution in [0.4, 0.5) is 0 Å². The van der Waals surface area contributed by atoms with Gasteiger partial charge in [-0.2, -0.15) is 0 Å². The van der Waals surface area contributed by atoms with Crippen molar-refractivity contribution < 1.29 is 14.3 Å². The molecule has 5 nitrogen and oxygen atoms in total. The number of carbonyl (C=O) groups excluding carboxylic acids is 2. The molecule has 1 aliphatic rings. The molecule has 29 heavy (non-hydrogen) atoms. The minimum absolute atomic E-state index is 0.0441. The maximum absolute atomic E-state index is 12.9. The van der Waals surface area contributed by atoms with Gasteiger partial charge in [0.1, 0.15) is 6.04 Å². The van der Waals surface area contributed by atoms with Crippen LogP contribution in [0.15, 0.2) is 54.6 Å². The first kappa shape index (κ1) is 21.1. The minimum Gasteiger partial charge on any atom is -0.468 e. The Balaban J connectivity index is 1.74. The van der Waals surface area contributed by atoms with Gasteiger partial charge in [0.2, 0.25) is 5.91 Å². The van der Waals surface area contributed by atoms with Crippen molar-refractivity contribution in [2.45, 2.75) is 45.3 Å². The molecule has 0 saturated carbocycles. The number of carbonyl (C=O) groups is 2. The van der Waals surface area contributed by atoms with Crippen LogP contribution in [0, 0.1) is 5.92 Å². The summed E-state index contributed by atoms with van der Waals surface area (Å²) in [5.41, 5.74) is 3.40. The number of amides is 1. The molecule has 0 saturated heterocycles. The van der Waals surface area contributed by atoms with Gasteiger partial charge < -0.3 is 10.1 Å². The van der Waals surface area contributed by atoms with E-state index in [1.165, 1.54) is 7.11 Å². The lowest BCUT2D eigenvalue weighted by atomic mass is 9.93. The van der Waals surface area contributed by atoms with E-state index in [4.69, 9.17) is 4.74 Å². The quantitative estimate of drug-likeness (QED) is 0.731. The van der Waals surface area contributed by atoms with Crippen LogP contribution in [0.5, 0.6) is 0 Å². The molecule has 3 rings (SSSR count). The molecule has 0 radical (unpaired) electrons. The average molecular weight is 395 g/mol. The van der Waals surface area contributed by atoms with E-state index in [2.05, 4.69) is 25.2 Å². The first-order chi connectivity index (χ1) is 14.0. The Kier molecular flexibility index (Phi) is 7.04. The number of ether oxygens (including phenoxy) is 1. The Bertz CT molecular complexity index is 835. The zero-order valence-electron chi connectivity index (χ0n) is 17.4.